The molecule has 2 aromatic heterocycles. The summed E-state index contributed by atoms with van der Waals surface area (Å²) < 4.78 is 3.82. The fourth-order valence-electron chi connectivity index (χ4n) is 3.95. The zero-order valence-electron chi connectivity index (χ0n) is 15.7. The molecule has 1 atom stereocenters. The van der Waals surface area contributed by atoms with Crippen LogP contribution in [-0.2, 0) is 11.8 Å². The normalized spacial score (nSPS) is 22.3. The van der Waals surface area contributed by atoms with Crippen molar-refractivity contribution in [1.82, 2.24) is 24.5 Å². The minimum atomic E-state index is -0.231. The van der Waals surface area contributed by atoms with Crippen LogP contribution in [0.25, 0.3) is 0 Å². The second kappa shape index (κ2) is 6.75. The highest BCUT2D eigenvalue weighted by molar-refractivity contribution is 6.00. The first-order valence-electron chi connectivity index (χ1n) is 9.33. The van der Waals surface area contributed by atoms with E-state index in [9.17, 15) is 4.79 Å². The first kappa shape index (κ1) is 17.1. The minimum Gasteiger partial charge on any atom is -0.357 e. The number of hydrogen-bond donors (Lipinski definition) is 1. The van der Waals surface area contributed by atoms with Crippen LogP contribution in [0.15, 0.2) is 18.3 Å². The second-order valence-corrected chi connectivity index (χ2v) is 7.46. The maximum atomic E-state index is 12.8. The average molecular weight is 357 g/mol. The van der Waals surface area contributed by atoms with E-state index in [0.717, 1.165) is 49.7 Å². The quantitative estimate of drug-likeness (QED) is 0.896. The molecule has 0 aliphatic carbocycles. The number of piperidine rings is 1. The number of amides is 1. The van der Waals surface area contributed by atoms with Gasteiger partial charge in [0.1, 0.15) is 17.7 Å². The van der Waals surface area contributed by atoms with Gasteiger partial charge in [0.2, 0.25) is 0 Å². The minimum absolute atomic E-state index is 0.0850. The van der Waals surface area contributed by atoms with Gasteiger partial charge in [0, 0.05) is 31.9 Å². The molecule has 0 radical (unpaired) electrons. The van der Waals surface area contributed by atoms with Gasteiger partial charge in [-0.25, -0.2) is 0 Å². The number of carbonyl (C=O) groups excluding carboxylic acids is 1. The van der Waals surface area contributed by atoms with Crippen LogP contribution >= 0.6 is 0 Å². The molecule has 4 heterocycles. The number of likely N-dealkylation sites (tertiary alicyclic amines) is 1. The molecule has 2 fully saturated rings. The number of aryl methyl sites for hydroxylation is 2. The number of nitrogens with zero attached hydrogens (tertiary/aromatic N) is 6. The molecule has 0 bridgehead atoms. The molecule has 0 aromatic carbocycles. The lowest BCUT2D eigenvalue weighted by atomic mass is 10.1. The number of aromatic nitrogens is 4. The molecular weight excluding hydrogens is 330 g/mol. The highest BCUT2D eigenvalue weighted by Gasteiger charge is 2.34. The second-order valence-electron chi connectivity index (χ2n) is 7.46. The molecule has 4 rings (SSSR count). The van der Waals surface area contributed by atoms with Crippen molar-refractivity contribution in [3.05, 3.63) is 24.0 Å². The number of anilines is 2. The van der Waals surface area contributed by atoms with E-state index in [1.807, 2.05) is 37.2 Å². The Morgan fingerprint density at radius 3 is 2.58 bits per heavy atom. The van der Waals surface area contributed by atoms with Gasteiger partial charge in [0.15, 0.2) is 0 Å². The smallest absolute Gasteiger partial charge is 0.250 e. The molecule has 0 spiro atoms. The molecule has 8 nitrogen and oxygen atoms in total. The topological polar surface area (TPSA) is 71.2 Å². The average Bonchev–Trinajstić information content (AvgIpc) is 3.30. The van der Waals surface area contributed by atoms with Crippen molar-refractivity contribution in [3.63, 3.8) is 0 Å². The largest absolute Gasteiger partial charge is 0.357 e. The van der Waals surface area contributed by atoms with Crippen molar-refractivity contribution in [2.45, 2.75) is 38.3 Å². The molecule has 2 aliphatic rings. The molecule has 2 aliphatic heterocycles. The Balaban J connectivity index is 1.41. The van der Waals surface area contributed by atoms with Crippen LogP contribution in [0.2, 0.25) is 0 Å². The van der Waals surface area contributed by atoms with Gasteiger partial charge in [0.25, 0.3) is 5.91 Å². The van der Waals surface area contributed by atoms with Gasteiger partial charge in [-0.3, -0.25) is 19.1 Å². The summed E-state index contributed by atoms with van der Waals surface area (Å²) in [4.78, 5) is 17.0. The Morgan fingerprint density at radius 1 is 1.12 bits per heavy atom. The van der Waals surface area contributed by atoms with E-state index in [1.165, 1.54) is 0 Å². The van der Waals surface area contributed by atoms with Crippen LogP contribution in [-0.4, -0.2) is 63.1 Å². The fraction of sp³-hybridized carbons (Fsp3) is 0.611. The Kier molecular flexibility index (Phi) is 4.44. The Labute approximate surface area is 153 Å². The molecule has 0 saturated carbocycles. The Morgan fingerprint density at radius 2 is 1.88 bits per heavy atom. The molecule has 2 saturated heterocycles. The first-order chi connectivity index (χ1) is 12.5. The summed E-state index contributed by atoms with van der Waals surface area (Å²) in [5.41, 5.74) is 0.920. The molecule has 140 valence electrons. The van der Waals surface area contributed by atoms with Gasteiger partial charge in [-0.05, 0) is 46.3 Å². The monoisotopic (exact) mass is 357 g/mol. The van der Waals surface area contributed by atoms with Crippen LogP contribution in [0.4, 0.5) is 11.6 Å². The van der Waals surface area contributed by atoms with Crippen molar-refractivity contribution in [2.24, 2.45) is 7.05 Å². The van der Waals surface area contributed by atoms with Crippen LogP contribution in [0.1, 0.15) is 31.0 Å². The van der Waals surface area contributed by atoms with E-state index >= 15 is 0 Å². The third kappa shape index (κ3) is 3.21. The van der Waals surface area contributed by atoms with E-state index < -0.39 is 0 Å². The zero-order chi connectivity index (χ0) is 18.3. The molecule has 2 aromatic rings. The SMILES string of the molecule is Cc1cc(N2CCC(Nc3ccn(C4CCN(C)CC4)n3)C2=O)n(C)n1. The molecule has 1 unspecified atom stereocenters. The summed E-state index contributed by atoms with van der Waals surface area (Å²) in [6.45, 7) is 4.85. The lowest BCUT2D eigenvalue weighted by molar-refractivity contribution is -0.117. The molecule has 1 amide bonds. The van der Waals surface area contributed by atoms with E-state index in [0.29, 0.717) is 12.6 Å². The van der Waals surface area contributed by atoms with Crippen LogP contribution < -0.4 is 10.2 Å². The maximum Gasteiger partial charge on any atom is 0.250 e. The summed E-state index contributed by atoms with van der Waals surface area (Å²) in [7, 11) is 4.03. The van der Waals surface area contributed by atoms with E-state index in [2.05, 4.69) is 32.1 Å². The number of hydrogen-bond acceptors (Lipinski definition) is 5. The lowest BCUT2D eigenvalue weighted by Crippen LogP contribution is -2.34. The van der Waals surface area contributed by atoms with Gasteiger partial charge in [0.05, 0.1) is 11.7 Å². The standard InChI is InChI=1S/C18H27N7O/c1-13-12-17(23(3)20-13)24-10-6-15(18(24)26)19-16-7-11-25(21-16)14-4-8-22(2)9-5-14/h7,11-12,14-15H,4-6,8-10H2,1-3H3,(H,19,21). The van der Waals surface area contributed by atoms with Crippen molar-refractivity contribution in [1.29, 1.82) is 0 Å². The van der Waals surface area contributed by atoms with Crippen molar-refractivity contribution < 1.29 is 4.79 Å². The highest BCUT2D eigenvalue weighted by atomic mass is 16.2. The van der Waals surface area contributed by atoms with Crippen LogP contribution in [0.3, 0.4) is 0 Å². The summed E-state index contributed by atoms with van der Waals surface area (Å²) in [5.74, 6) is 1.72. The number of rotatable bonds is 4. The molecule has 1 N–H and O–H groups in total. The fourth-order valence-corrected chi connectivity index (χ4v) is 3.95. The van der Waals surface area contributed by atoms with E-state index in [1.54, 1.807) is 4.68 Å². The predicted molar refractivity (Wildman–Crippen MR) is 100 cm³/mol. The maximum absolute atomic E-state index is 12.8. The number of carbonyl (C=O) groups is 1. The number of nitrogens with one attached hydrogen (secondary N) is 1. The molecular formula is C18H27N7O. The van der Waals surface area contributed by atoms with Gasteiger partial charge >= 0.3 is 0 Å². The summed E-state index contributed by atoms with van der Waals surface area (Å²) in [6, 6.07) is 4.15. The van der Waals surface area contributed by atoms with Gasteiger partial charge in [-0.1, -0.05) is 0 Å². The van der Waals surface area contributed by atoms with Crippen molar-refractivity contribution >= 4 is 17.5 Å². The van der Waals surface area contributed by atoms with E-state index in [4.69, 9.17) is 0 Å². The lowest BCUT2D eigenvalue weighted by Gasteiger charge is -2.29. The van der Waals surface area contributed by atoms with Gasteiger partial charge in [-0.2, -0.15) is 10.2 Å². The summed E-state index contributed by atoms with van der Waals surface area (Å²) in [5, 5.41) is 12.3. The zero-order valence-corrected chi connectivity index (χ0v) is 15.7. The van der Waals surface area contributed by atoms with E-state index in [-0.39, 0.29) is 11.9 Å². The van der Waals surface area contributed by atoms with Crippen molar-refractivity contribution in [2.75, 3.05) is 36.9 Å². The van der Waals surface area contributed by atoms with Crippen LogP contribution in [0.5, 0.6) is 0 Å². The highest BCUT2D eigenvalue weighted by Crippen LogP contribution is 2.25. The predicted octanol–water partition coefficient (Wildman–Crippen LogP) is 1.41. The Bertz CT molecular complexity index is 787. The summed E-state index contributed by atoms with van der Waals surface area (Å²) in [6.07, 6.45) is 5.03. The third-order valence-corrected chi connectivity index (χ3v) is 5.45. The molecule has 8 heteroatoms. The Hall–Kier alpha value is -2.35. The van der Waals surface area contributed by atoms with Gasteiger partial charge in [-0.15, -0.1) is 0 Å². The van der Waals surface area contributed by atoms with Crippen molar-refractivity contribution in [3.8, 4) is 0 Å². The van der Waals surface area contributed by atoms with Gasteiger partial charge < -0.3 is 10.2 Å². The third-order valence-electron chi connectivity index (χ3n) is 5.45. The van der Waals surface area contributed by atoms with Crippen LogP contribution in [0, 0.1) is 6.92 Å². The summed E-state index contributed by atoms with van der Waals surface area (Å²) >= 11 is 0. The molecule has 26 heavy (non-hydrogen) atoms. The first-order valence-corrected chi connectivity index (χ1v) is 9.33.